The molecule has 1 N–H and O–H groups in total. The quantitative estimate of drug-likeness (QED) is 0.735. The molecule has 0 saturated heterocycles. The van der Waals surface area contributed by atoms with E-state index in [1.807, 2.05) is 39.0 Å². The van der Waals surface area contributed by atoms with Crippen LogP contribution in [-0.2, 0) is 4.79 Å². The first-order valence-electron chi connectivity index (χ1n) is 8.20. The minimum Gasteiger partial charge on any atom is -0.493 e. The van der Waals surface area contributed by atoms with Gasteiger partial charge in [-0.3, -0.25) is 4.79 Å². The predicted octanol–water partition coefficient (Wildman–Crippen LogP) is 4.05. The Morgan fingerprint density at radius 3 is 2.48 bits per heavy atom. The molecule has 0 aliphatic heterocycles. The largest absolute Gasteiger partial charge is 0.493 e. The molecule has 2 atom stereocenters. The summed E-state index contributed by atoms with van der Waals surface area (Å²) in [4.78, 5) is 12.0. The smallest absolute Gasteiger partial charge is 0.244 e. The van der Waals surface area contributed by atoms with Crippen molar-refractivity contribution in [3.05, 3.63) is 29.8 Å². The van der Waals surface area contributed by atoms with Crippen LogP contribution in [0.5, 0.6) is 11.5 Å². The molecule has 4 nitrogen and oxygen atoms in total. The lowest BCUT2D eigenvalue weighted by Gasteiger charge is -2.18. The molecule has 0 fully saturated rings. The summed E-state index contributed by atoms with van der Waals surface area (Å²) >= 11 is 0. The van der Waals surface area contributed by atoms with E-state index in [0.29, 0.717) is 17.4 Å². The van der Waals surface area contributed by atoms with E-state index < -0.39 is 0 Å². The molecule has 0 heterocycles. The van der Waals surface area contributed by atoms with Gasteiger partial charge in [0, 0.05) is 12.1 Å². The summed E-state index contributed by atoms with van der Waals surface area (Å²) in [7, 11) is 1.61. The molecule has 0 aliphatic carbocycles. The van der Waals surface area contributed by atoms with Crippen molar-refractivity contribution < 1.29 is 14.3 Å². The van der Waals surface area contributed by atoms with E-state index >= 15 is 0 Å². The van der Waals surface area contributed by atoms with Crippen LogP contribution in [0.2, 0.25) is 0 Å². The van der Waals surface area contributed by atoms with Crippen molar-refractivity contribution in [2.24, 2.45) is 5.92 Å². The van der Waals surface area contributed by atoms with Gasteiger partial charge in [0.25, 0.3) is 0 Å². The zero-order valence-corrected chi connectivity index (χ0v) is 15.1. The molecule has 1 rings (SSSR count). The highest BCUT2D eigenvalue weighted by Crippen LogP contribution is 2.29. The molecule has 23 heavy (non-hydrogen) atoms. The second kappa shape index (κ2) is 9.23. The Bertz CT molecular complexity index is 537. The SMILES string of the molecule is CC[C@@H](C)[C@@H](C)NC(=O)/C=C/c1ccc(OC(C)C)c(OC)c1. The van der Waals surface area contributed by atoms with Crippen LogP contribution in [0.3, 0.4) is 0 Å². The molecular formula is C19H29NO3. The molecule has 1 aromatic carbocycles. The number of carbonyl (C=O) groups is 1. The van der Waals surface area contributed by atoms with Gasteiger partial charge in [-0.25, -0.2) is 0 Å². The molecule has 0 unspecified atom stereocenters. The maximum atomic E-state index is 12.0. The van der Waals surface area contributed by atoms with Gasteiger partial charge in [0.05, 0.1) is 13.2 Å². The van der Waals surface area contributed by atoms with Crippen molar-refractivity contribution in [1.82, 2.24) is 5.32 Å². The minimum absolute atomic E-state index is 0.0816. The third-order valence-corrected chi connectivity index (χ3v) is 3.84. The Balaban J connectivity index is 2.74. The Labute approximate surface area is 139 Å². The van der Waals surface area contributed by atoms with Gasteiger partial charge in [-0.15, -0.1) is 0 Å². The number of hydrogen-bond donors (Lipinski definition) is 1. The summed E-state index contributed by atoms with van der Waals surface area (Å²) < 4.78 is 11.0. The molecule has 0 saturated carbocycles. The topological polar surface area (TPSA) is 47.6 Å². The van der Waals surface area contributed by atoms with E-state index in [1.54, 1.807) is 19.3 Å². The Morgan fingerprint density at radius 1 is 1.22 bits per heavy atom. The van der Waals surface area contributed by atoms with E-state index in [-0.39, 0.29) is 18.1 Å². The summed E-state index contributed by atoms with van der Waals surface area (Å²) in [5, 5.41) is 2.99. The van der Waals surface area contributed by atoms with Gasteiger partial charge >= 0.3 is 0 Å². The first-order valence-corrected chi connectivity index (χ1v) is 8.20. The summed E-state index contributed by atoms with van der Waals surface area (Å²) in [6, 6.07) is 5.79. The maximum Gasteiger partial charge on any atom is 0.244 e. The van der Waals surface area contributed by atoms with Crippen LogP contribution < -0.4 is 14.8 Å². The summed E-state index contributed by atoms with van der Waals surface area (Å²) in [6.45, 7) is 10.2. The minimum atomic E-state index is -0.0840. The lowest BCUT2D eigenvalue weighted by Crippen LogP contribution is -2.35. The Hall–Kier alpha value is -1.97. The molecule has 0 spiro atoms. The summed E-state index contributed by atoms with van der Waals surface area (Å²) in [5.74, 6) is 1.74. The van der Waals surface area contributed by atoms with E-state index in [0.717, 1.165) is 12.0 Å². The normalized spacial score (nSPS) is 13.9. The average Bonchev–Trinajstić information content (AvgIpc) is 2.52. The number of amides is 1. The number of hydrogen-bond acceptors (Lipinski definition) is 3. The van der Waals surface area contributed by atoms with Gasteiger partial charge in [0.15, 0.2) is 11.5 Å². The van der Waals surface area contributed by atoms with Crippen LogP contribution in [0.25, 0.3) is 6.08 Å². The van der Waals surface area contributed by atoms with Crippen molar-refractivity contribution >= 4 is 12.0 Å². The van der Waals surface area contributed by atoms with Gasteiger partial charge in [0.1, 0.15) is 0 Å². The highest BCUT2D eigenvalue weighted by Gasteiger charge is 2.11. The number of nitrogens with one attached hydrogen (secondary N) is 1. The Kier molecular flexibility index (Phi) is 7.66. The van der Waals surface area contributed by atoms with Crippen LogP contribution in [0, 0.1) is 5.92 Å². The van der Waals surface area contributed by atoms with Crippen molar-refractivity contribution in [1.29, 1.82) is 0 Å². The van der Waals surface area contributed by atoms with Gasteiger partial charge in [-0.1, -0.05) is 26.3 Å². The first kappa shape index (κ1) is 19.1. The molecular weight excluding hydrogens is 290 g/mol. The van der Waals surface area contributed by atoms with Crippen molar-refractivity contribution in [2.75, 3.05) is 7.11 Å². The highest BCUT2D eigenvalue weighted by molar-refractivity contribution is 5.92. The van der Waals surface area contributed by atoms with Crippen LogP contribution >= 0.6 is 0 Å². The van der Waals surface area contributed by atoms with Gasteiger partial charge in [-0.2, -0.15) is 0 Å². The molecule has 128 valence electrons. The van der Waals surface area contributed by atoms with Crippen LogP contribution in [0.15, 0.2) is 24.3 Å². The number of ether oxygens (including phenoxy) is 2. The van der Waals surface area contributed by atoms with Crippen LogP contribution in [0.4, 0.5) is 0 Å². The lowest BCUT2D eigenvalue weighted by atomic mass is 10.0. The molecule has 4 heteroatoms. The monoisotopic (exact) mass is 319 g/mol. The Morgan fingerprint density at radius 2 is 1.91 bits per heavy atom. The van der Waals surface area contributed by atoms with E-state index in [9.17, 15) is 4.79 Å². The third-order valence-electron chi connectivity index (χ3n) is 3.84. The summed E-state index contributed by atoms with van der Waals surface area (Å²) in [5.41, 5.74) is 0.893. The van der Waals surface area contributed by atoms with Gasteiger partial charge in [-0.05, 0) is 50.5 Å². The van der Waals surface area contributed by atoms with Crippen molar-refractivity contribution in [2.45, 2.75) is 53.2 Å². The fourth-order valence-electron chi connectivity index (χ4n) is 2.08. The van der Waals surface area contributed by atoms with E-state index in [4.69, 9.17) is 9.47 Å². The average molecular weight is 319 g/mol. The fourth-order valence-corrected chi connectivity index (χ4v) is 2.08. The van der Waals surface area contributed by atoms with E-state index in [1.165, 1.54) is 0 Å². The zero-order valence-electron chi connectivity index (χ0n) is 15.1. The number of rotatable bonds is 8. The molecule has 1 amide bonds. The molecule has 0 radical (unpaired) electrons. The van der Waals surface area contributed by atoms with Crippen LogP contribution in [0.1, 0.15) is 46.6 Å². The second-order valence-electron chi connectivity index (χ2n) is 6.09. The van der Waals surface area contributed by atoms with Crippen molar-refractivity contribution in [3.8, 4) is 11.5 Å². The zero-order chi connectivity index (χ0) is 17.4. The standard InChI is InChI=1S/C19H29NO3/c1-7-14(4)15(5)20-19(21)11-9-16-8-10-17(23-13(2)3)18(12-16)22-6/h8-15H,7H2,1-6H3,(H,20,21)/b11-9+/t14-,15-/m1/s1. The molecule has 0 bridgehead atoms. The number of methoxy groups -OCH3 is 1. The molecule has 0 aliphatic rings. The fraction of sp³-hybridized carbons (Fsp3) is 0.526. The second-order valence-corrected chi connectivity index (χ2v) is 6.09. The van der Waals surface area contributed by atoms with Crippen LogP contribution in [-0.4, -0.2) is 25.2 Å². The summed E-state index contributed by atoms with van der Waals surface area (Å²) in [6.07, 6.45) is 4.45. The highest BCUT2D eigenvalue weighted by atomic mass is 16.5. The number of carbonyl (C=O) groups excluding carboxylic acids is 1. The van der Waals surface area contributed by atoms with Gasteiger partial charge in [0.2, 0.25) is 5.91 Å². The third kappa shape index (κ3) is 6.35. The predicted molar refractivity (Wildman–Crippen MR) is 94.9 cm³/mol. The number of benzene rings is 1. The van der Waals surface area contributed by atoms with Gasteiger partial charge < -0.3 is 14.8 Å². The molecule has 1 aromatic rings. The maximum absolute atomic E-state index is 12.0. The van der Waals surface area contributed by atoms with E-state index in [2.05, 4.69) is 19.2 Å². The lowest BCUT2D eigenvalue weighted by molar-refractivity contribution is -0.117. The molecule has 0 aromatic heterocycles. The van der Waals surface area contributed by atoms with Crippen molar-refractivity contribution in [3.63, 3.8) is 0 Å². The first-order chi connectivity index (χ1) is 10.9.